The fourth-order valence-electron chi connectivity index (χ4n) is 2.12. The maximum atomic E-state index is 11.7. The summed E-state index contributed by atoms with van der Waals surface area (Å²) in [5, 5.41) is 0. The Morgan fingerprint density at radius 2 is 2.35 bits per heavy atom. The number of halogens is 1. The van der Waals surface area contributed by atoms with Crippen LogP contribution in [0.3, 0.4) is 0 Å². The number of rotatable bonds is 4. The topological polar surface area (TPSA) is 60.4 Å². The van der Waals surface area contributed by atoms with Gasteiger partial charge in [-0.1, -0.05) is 12.2 Å². The van der Waals surface area contributed by atoms with E-state index in [-0.39, 0.29) is 10.8 Å². The number of carbonyl (C=O) groups excluding carboxylic acids is 1. The van der Waals surface area contributed by atoms with E-state index in [0.717, 1.165) is 6.42 Å². The first-order valence-corrected chi connectivity index (χ1v) is 7.56. The van der Waals surface area contributed by atoms with Crippen LogP contribution in [0.1, 0.15) is 19.3 Å². The number of esters is 1. The van der Waals surface area contributed by atoms with Crippen LogP contribution in [0.5, 0.6) is 0 Å². The summed E-state index contributed by atoms with van der Waals surface area (Å²) in [4.78, 5) is 11.7. The molecule has 1 aliphatic carbocycles. The summed E-state index contributed by atoms with van der Waals surface area (Å²) < 4.78 is 27.5. The molecule has 0 aromatic rings. The Labute approximate surface area is 106 Å². The Morgan fingerprint density at radius 3 is 2.82 bits per heavy atom. The molecule has 0 aromatic heterocycles. The van der Waals surface area contributed by atoms with E-state index < -0.39 is 20.9 Å². The van der Waals surface area contributed by atoms with Gasteiger partial charge in [0.1, 0.15) is 0 Å². The van der Waals surface area contributed by atoms with Crippen LogP contribution in [0.2, 0.25) is 0 Å². The van der Waals surface area contributed by atoms with E-state index in [9.17, 15) is 13.2 Å². The van der Waals surface area contributed by atoms with Crippen molar-refractivity contribution in [1.29, 1.82) is 0 Å². The van der Waals surface area contributed by atoms with Crippen molar-refractivity contribution in [2.24, 2.45) is 11.8 Å². The summed E-state index contributed by atoms with van der Waals surface area (Å²) in [5.41, 5.74) is 0. The molecule has 0 amide bonds. The standard InChI is InChI=1S/C11H15ClO4S/c1-3-5-8-6-4-7-9(17(12,14)15)10(8)11(13)16-2/h3,7-8,10H,1,4-6H2,2H3. The van der Waals surface area contributed by atoms with Gasteiger partial charge in [-0.05, 0) is 25.2 Å². The zero-order valence-corrected chi connectivity index (χ0v) is 11.1. The van der Waals surface area contributed by atoms with Crippen molar-refractivity contribution in [3.05, 3.63) is 23.6 Å². The van der Waals surface area contributed by atoms with Crippen LogP contribution < -0.4 is 0 Å². The van der Waals surface area contributed by atoms with Crippen LogP contribution in [-0.4, -0.2) is 21.5 Å². The van der Waals surface area contributed by atoms with Crippen molar-refractivity contribution < 1.29 is 17.9 Å². The van der Waals surface area contributed by atoms with E-state index in [2.05, 4.69) is 11.3 Å². The molecule has 0 aliphatic heterocycles. The molecule has 0 saturated carbocycles. The molecule has 0 fully saturated rings. The number of carbonyl (C=O) groups is 1. The third-order valence-electron chi connectivity index (χ3n) is 2.87. The first-order chi connectivity index (χ1) is 7.91. The Morgan fingerprint density at radius 1 is 1.71 bits per heavy atom. The van der Waals surface area contributed by atoms with Crippen molar-refractivity contribution in [2.75, 3.05) is 7.11 Å². The van der Waals surface area contributed by atoms with Crippen molar-refractivity contribution in [1.82, 2.24) is 0 Å². The fraction of sp³-hybridized carbons (Fsp3) is 0.545. The third-order valence-corrected chi connectivity index (χ3v) is 4.39. The van der Waals surface area contributed by atoms with E-state index in [1.165, 1.54) is 13.2 Å². The molecule has 6 heteroatoms. The van der Waals surface area contributed by atoms with Gasteiger partial charge < -0.3 is 4.74 Å². The average molecular weight is 279 g/mol. The number of hydrogen-bond acceptors (Lipinski definition) is 4. The lowest BCUT2D eigenvalue weighted by molar-refractivity contribution is -0.145. The van der Waals surface area contributed by atoms with Crippen LogP contribution in [0.15, 0.2) is 23.6 Å². The molecule has 0 spiro atoms. The molecule has 1 rings (SSSR count). The molecule has 0 N–H and O–H groups in total. The molecule has 0 bridgehead atoms. The molecule has 0 radical (unpaired) electrons. The quantitative estimate of drug-likeness (QED) is 0.449. The molecule has 4 nitrogen and oxygen atoms in total. The molecule has 17 heavy (non-hydrogen) atoms. The maximum absolute atomic E-state index is 11.7. The van der Waals surface area contributed by atoms with Gasteiger partial charge in [0.15, 0.2) is 0 Å². The summed E-state index contributed by atoms with van der Waals surface area (Å²) in [7, 11) is 2.70. The minimum Gasteiger partial charge on any atom is -0.469 e. The van der Waals surface area contributed by atoms with Gasteiger partial charge in [0.25, 0.3) is 9.05 Å². The predicted molar refractivity (Wildman–Crippen MR) is 65.9 cm³/mol. The van der Waals surface area contributed by atoms with Crippen molar-refractivity contribution in [3.63, 3.8) is 0 Å². The van der Waals surface area contributed by atoms with Crippen LogP contribution in [0, 0.1) is 11.8 Å². The van der Waals surface area contributed by atoms with Gasteiger partial charge in [0, 0.05) is 10.7 Å². The van der Waals surface area contributed by atoms with E-state index in [4.69, 9.17) is 10.7 Å². The molecule has 96 valence electrons. The lowest BCUT2D eigenvalue weighted by Crippen LogP contribution is -2.31. The summed E-state index contributed by atoms with van der Waals surface area (Å²) in [6.07, 6.45) is 5.05. The second-order valence-electron chi connectivity index (χ2n) is 3.91. The maximum Gasteiger partial charge on any atom is 0.314 e. The first kappa shape index (κ1) is 14.3. The summed E-state index contributed by atoms with van der Waals surface area (Å²) in [6, 6.07) is 0. The van der Waals surface area contributed by atoms with Crippen molar-refractivity contribution in [3.8, 4) is 0 Å². The first-order valence-electron chi connectivity index (χ1n) is 5.25. The smallest absolute Gasteiger partial charge is 0.314 e. The van der Waals surface area contributed by atoms with E-state index in [1.54, 1.807) is 6.08 Å². The summed E-state index contributed by atoms with van der Waals surface area (Å²) in [5.74, 6) is -1.49. The van der Waals surface area contributed by atoms with Gasteiger partial charge >= 0.3 is 5.97 Å². The molecule has 2 atom stereocenters. The second kappa shape index (κ2) is 5.69. The van der Waals surface area contributed by atoms with E-state index in [1.807, 2.05) is 0 Å². The molecule has 0 aromatic carbocycles. The van der Waals surface area contributed by atoms with Gasteiger partial charge in [0.2, 0.25) is 0 Å². The Kier molecular flexibility index (Phi) is 4.77. The van der Waals surface area contributed by atoms with Gasteiger partial charge in [0.05, 0.1) is 17.9 Å². The highest BCUT2D eigenvalue weighted by molar-refractivity contribution is 8.16. The van der Waals surface area contributed by atoms with Crippen LogP contribution in [0.25, 0.3) is 0 Å². The van der Waals surface area contributed by atoms with Crippen LogP contribution >= 0.6 is 10.7 Å². The van der Waals surface area contributed by atoms with E-state index >= 15 is 0 Å². The minimum absolute atomic E-state index is 0.0379. The van der Waals surface area contributed by atoms with Gasteiger partial charge in [-0.15, -0.1) is 6.58 Å². The van der Waals surface area contributed by atoms with Gasteiger partial charge in [-0.25, -0.2) is 8.42 Å². The zero-order valence-electron chi connectivity index (χ0n) is 9.56. The molecule has 0 saturated heterocycles. The normalized spacial score (nSPS) is 24.9. The highest BCUT2D eigenvalue weighted by Gasteiger charge is 2.39. The number of hydrogen-bond donors (Lipinski definition) is 0. The molecule has 2 unspecified atom stereocenters. The van der Waals surface area contributed by atoms with E-state index in [0.29, 0.717) is 12.8 Å². The highest BCUT2D eigenvalue weighted by atomic mass is 35.7. The fourth-order valence-corrected chi connectivity index (χ4v) is 3.51. The molecular formula is C11H15ClO4S. The number of ether oxygens (including phenoxy) is 1. The lowest BCUT2D eigenvalue weighted by atomic mass is 9.81. The molecule has 1 aliphatic rings. The largest absolute Gasteiger partial charge is 0.469 e. The summed E-state index contributed by atoms with van der Waals surface area (Å²) >= 11 is 0. The average Bonchev–Trinajstić information content (AvgIpc) is 2.27. The van der Waals surface area contributed by atoms with Crippen LogP contribution in [0.4, 0.5) is 0 Å². The Bertz CT molecular complexity index is 438. The van der Waals surface area contributed by atoms with Crippen molar-refractivity contribution >= 4 is 25.7 Å². The predicted octanol–water partition coefficient (Wildman–Crippen LogP) is 2.21. The van der Waals surface area contributed by atoms with Crippen LogP contribution in [-0.2, 0) is 18.6 Å². The molecular weight excluding hydrogens is 264 g/mol. The minimum atomic E-state index is -3.88. The van der Waals surface area contributed by atoms with Gasteiger partial charge in [-0.2, -0.15) is 0 Å². The third kappa shape index (κ3) is 3.33. The zero-order chi connectivity index (χ0) is 13.1. The Hall–Kier alpha value is -0.810. The highest BCUT2D eigenvalue weighted by Crippen LogP contribution is 2.37. The summed E-state index contributed by atoms with van der Waals surface area (Å²) in [6.45, 7) is 3.61. The number of methoxy groups -OCH3 is 1. The number of allylic oxidation sites excluding steroid dienone is 2. The Balaban J connectivity index is 3.14. The SMILES string of the molecule is C=CCC1CCC=C(S(=O)(=O)Cl)C1C(=O)OC. The lowest BCUT2D eigenvalue weighted by Gasteiger charge is -2.28. The monoisotopic (exact) mass is 278 g/mol. The molecule has 0 heterocycles. The van der Waals surface area contributed by atoms with Gasteiger partial charge in [-0.3, -0.25) is 4.79 Å². The van der Waals surface area contributed by atoms with Crippen molar-refractivity contribution in [2.45, 2.75) is 19.3 Å². The second-order valence-corrected chi connectivity index (χ2v) is 6.47.